The Labute approximate surface area is 110 Å². The van der Waals surface area contributed by atoms with E-state index in [-0.39, 0.29) is 17.5 Å². The first-order valence-corrected chi connectivity index (χ1v) is 6.82. The van der Waals surface area contributed by atoms with E-state index in [1.54, 1.807) is 0 Å². The summed E-state index contributed by atoms with van der Waals surface area (Å²) in [6.07, 6.45) is 2.60. The average Bonchev–Trinajstić information content (AvgIpc) is 2.26. The third kappa shape index (κ3) is 1.99. The number of hydrogen-bond acceptors (Lipinski definition) is 3. The van der Waals surface area contributed by atoms with Gasteiger partial charge in [-0.05, 0) is 25.7 Å². The van der Waals surface area contributed by atoms with E-state index >= 15 is 0 Å². The highest BCUT2D eigenvalue weighted by molar-refractivity contribution is 5.65. The zero-order valence-corrected chi connectivity index (χ0v) is 12.0. The van der Waals surface area contributed by atoms with Gasteiger partial charge in [-0.1, -0.05) is 25.5 Å². The minimum atomic E-state index is -0.203. The van der Waals surface area contributed by atoms with Crippen molar-refractivity contribution >= 4 is 5.97 Å². The van der Waals surface area contributed by atoms with Crippen LogP contribution < -0.4 is 0 Å². The molecular formula is C15H24O3. The quantitative estimate of drug-likeness (QED) is 0.560. The van der Waals surface area contributed by atoms with Crippen LogP contribution in [0.1, 0.15) is 34.6 Å². The van der Waals surface area contributed by atoms with Crippen LogP contribution in [0.25, 0.3) is 0 Å². The molecule has 102 valence electrons. The third-order valence-corrected chi connectivity index (χ3v) is 5.06. The molecule has 0 aromatic heterocycles. The molecule has 0 aromatic carbocycles. The molecule has 0 aromatic rings. The molecule has 2 aliphatic rings. The molecular weight excluding hydrogens is 228 g/mol. The predicted octanol–water partition coefficient (Wildman–Crippen LogP) is 2.80. The second kappa shape index (κ2) is 4.69. The molecule has 1 fully saturated rings. The zero-order chi connectivity index (χ0) is 13.5. The van der Waals surface area contributed by atoms with Gasteiger partial charge in [0.1, 0.15) is 0 Å². The van der Waals surface area contributed by atoms with Crippen molar-refractivity contribution in [3.63, 3.8) is 0 Å². The molecule has 0 spiro atoms. The van der Waals surface area contributed by atoms with Crippen molar-refractivity contribution in [2.45, 2.75) is 40.7 Å². The van der Waals surface area contributed by atoms with Crippen molar-refractivity contribution in [2.24, 2.45) is 23.2 Å². The van der Waals surface area contributed by atoms with E-state index in [0.29, 0.717) is 31.0 Å². The van der Waals surface area contributed by atoms with E-state index in [1.165, 1.54) is 12.5 Å². The third-order valence-electron chi connectivity index (χ3n) is 5.06. The van der Waals surface area contributed by atoms with Gasteiger partial charge in [-0.2, -0.15) is 0 Å². The van der Waals surface area contributed by atoms with E-state index in [2.05, 4.69) is 33.8 Å². The number of hydrogen-bond donors (Lipinski definition) is 0. The molecule has 0 N–H and O–H groups in total. The summed E-state index contributed by atoms with van der Waals surface area (Å²) in [5, 5.41) is 0. The van der Waals surface area contributed by atoms with Gasteiger partial charge < -0.3 is 9.47 Å². The van der Waals surface area contributed by atoms with E-state index < -0.39 is 0 Å². The second-order valence-corrected chi connectivity index (χ2v) is 6.04. The number of fused-ring (bicyclic) bond motifs is 2. The largest absolute Gasteiger partial charge is 0.465 e. The number of ether oxygens (including phenoxy) is 2. The van der Waals surface area contributed by atoms with E-state index in [0.717, 1.165) is 0 Å². The fourth-order valence-corrected chi connectivity index (χ4v) is 3.81. The van der Waals surface area contributed by atoms with Gasteiger partial charge in [0.25, 0.3) is 0 Å². The van der Waals surface area contributed by atoms with Crippen LogP contribution in [0.3, 0.4) is 0 Å². The predicted molar refractivity (Wildman–Crippen MR) is 70.1 cm³/mol. The minimum Gasteiger partial charge on any atom is -0.465 e. The van der Waals surface area contributed by atoms with Crippen molar-refractivity contribution in [2.75, 3.05) is 13.2 Å². The summed E-state index contributed by atoms with van der Waals surface area (Å²) in [5.74, 6) is 1.12. The fraction of sp³-hybridized carbons (Fsp3) is 0.800. The lowest BCUT2D eigenvalue weighted by molar-refractivity contribution is -0.175. The fourth-order valence-electron chi connectivity index (χ4n) is 3.81. The summed E-state index contributed by atoms with van der Waals surface area (Å²) in [4.78, 5) is 11.1. The Bertz CT molecular complexity index is 374. The van der Waals surface area contributed by atoms with Gasteiger partial charge in [-0.25, -0.2) is 0 Å². The maximum atomic E-state index is 11.1. The van der Waals surface area contributed by atoms with Crippen LogP contribution in [0.4, 0.5) is 0 Å². The van der Waals surface area contributed by atoms with Crippen molar-refractivity contribution < 1.29 is 14.3 Å². The van der Waals surface area contributed by atoms with Gasteiger partial charge in [-0.3, -0.25) is 4.79 Å². The number of esters is 1. The summed E-state index contributed by atoms with van der Waals surface area (Å²) in [7, 11) is 0. The Hall–Kier alpha value is -0.830. The second-order valence-electron chi connectivity index (χ2n) is 6.04. The zero-order valence-electron chi connectivity index (χ0n) is 12.0. The first-order valence-electron chi connectivity index (χ1n) is 6.82. The van der Waals surface area contributed by atoms with Crippen LogP contribution in [0.2, 0.25) is 0 Å². The van der Waals surface area contributed by atoms with Crippen molar-refractivity contribution in [3.05, 3.63) is 11.6 Å². The van der Waals surface area contributed by atoms with E-state index in [1.807, 2.05) is 0 Å². The summed E-state index contributed by atoms with van der Waals surface area (Å²) in [6, 6.07) is 0. The molecule has 0 amide bonds. The molecule has 1 heterocycles. The van der Waals surface area contributed by atoms with Crippen LogP contribution in [0.15, 0.2) is 11.6 Å². The first kappa shape index (κ1) is 13.6. The summed E-state index contributed by atoms with van der Waals surface area (Å²) in [5.41, 5.74) is 1.36. The Morgan fingerprint density at radius 1 is 1.50 bits per heavy atom. The normalized spacial score (nSPS) is 43.3. The Kier molecular flexibility index (Phi) is 3.54. The molecule has 1 saturated heterocycles. The van der Waals surface area contributed by atoms with Gasteiger partial charge in [0.05, 0.1) is 19.3 Å². The number of carbonyl (C=O) groups is 1. The Balaban J connectivity index is 2.31. The maximum Gasteiger partial charge on any atom is 0.302 e. The lowest BCUT2D eigenvalue weighted by Gasteiger charge is -2.54. The van der Waals surface area contributed by atoms with Crippen molar-refractivity contribution in [1.29, 1.82) is 0 Å². The van der Waals surface area contributed by atoms with E-state index in [9.17, 15) is 4.79 Å². The van der Waals surface area contributed by atoms with Crippen LogP contribution in [0, 0.1) is 23.2 Å². The van der Waals surface area contributed by atoms with Crippen LogP contribution in [0.5, 0.6) is 0 Å². The molecule has 3 heteroatoms. The molecule has 0 saturated carbocycles. The molecule has 2 bridgehead atoms. The van der Waals surface area contributed by atoms with Gasteiger partial charge >= 0.3 is 5.97 Å². The minimum absolute atomic E-state index is 0.0532. The lowest BCUT2D eigenvalue weighted by atomic mass is 9.56. The number of allylic oxidation sites excluding steroid dienone is 1. The molecule has 0 radical (unpaired) electrons. The molecule has 1 aliphatic heterocycles. The SMILES string of the molecule is CC(=O)OCC12COC(C)C(C(C)=CC1C)C2C. The molecule has 3 nitrogen and oxygen atoms in total. The van der Waals surface area contributed by atoms with Crippen LogP contribution in [-0.2, 0) is 14.3 Å². The van der Waals surface area contributed by atoms with Gasteiger partial charge in [-0.15, -0.1) is 0 Å². The van der Waals surface area contributed by atoms with Crippen molar-refractivity contribution in [1.82, 2.24) is 0 Å². The van der Waals surface area contributed by atoms with Crippen molar-refractivity contribution in [3.8, 4) is 0 Å². The number of carbonyl (C=O) groups excluding carboxylic acids is 1. The maximum absolute atomic E-state index is 11.1. The first-order chi connectivity index (χ1) is 8.38. The Morgan fingerprint density at radius 3 is 2.78 bits per heavy atom. The van der Waals surface area contributed by atoms with Gasteiger partial charge in [0, 0.05) is 18.3 Å². The van der Waals surface area contributed by atoms with Gasteiger partial charge in [0.2, 0.25) is 0 Å². The highest BCUT2D eigenvalue weighted by Gasteiger charge is 2.53. The van der Waals surface area contributed by atoms with Crippen LogP contribution >= 0.6 is 0 Å². The van der Waals surface area contributed by atoms with E-state index in [4.69, 9.17) is 9.47 Å². The standard InChI is InChI=1S/C15H24O3/c1-9-6-10(2)15(8-18-13(5)16)7-17-12(4)14(9)11(15)3/h6,10-12,14H,7-8H2,1-5H3. The summed E-state index contributed by atoms with van der Waals surface area (Å²) in [6.45, 7) is 11.4. The van der Waals surface area contributed by atoms with Gasteiger partial charge in [0.15, 0.2) is 0 Å². The smallest absolute Gasteiger partial charge is 0.302 e. The average molecular weight is 252 g/mol. The topological polar surface area (TPSA) is 35.5 Å². The highest BCUT2D eigenvalue weighted by atomic mass is 16.5. The lowest BCUT2D eigenvalue weighted by Crippen LogP contribution is -2.56. The van der Waals surface area contributed by atoms with Crippen LogP contribution in [-0.4, -0.2) is 25.3 Å². The molecule has 18 heavy (non-hydrogen) atoms. The molecule has 5 unspecified atom stereocenters. The molecule has 2 rings (SSSR count). The summed E-state index contributed by atoms with van der Waals surface area (Å²) < 4.78 is 11.3. The summed E-state index contributed by atoms with van der Waals surface area (Å²) >= 11 is 0. The highest BCUT2D eigenvalue weighted by Crippen LogP contribution is 2.52. The Morgan fingerprint density at radius 2 is 2.17 bits per heavy atom. The number of rotatable bonds is 2. The molecule has 5 atom stereocenters. The monoisotopic (exact) mass is 252 g/mol. The molecule has 1 aliphatic carbocycles.